The van der Waals surface area contributed by atoms with Crippen molar-refractivity contribution in [1.29, 1.82) is 0 Å². The molecule has 0 radical (unpaired) electrons. The maximum atomic E-state index is 11.9. The van der Waals surface area contributed by atoms with E-state index in [0.717, 1.165) is 25.7 Å². The van der Waals surface area contributed by atoms with Gasteiger partial charge >= 0.3 is 5.69 Å². The largest absolute Gasteiger partial charge is 0.330 e. The van der Waals surface area contributed by atoms with Gasteiger partial charge in [0.05, 0.1) is 0 Å². The highest BCUT2D eigenvalue weighted by atomic mass is 16.2. The third kappa shape index (κ3) is 3.85. The predicted octanol–water partition coefficient (Wildman–Crippen LogP) is 0.549. The van der Waals surface area contributed by atoms with Crippen molar-refractivity contribution < 1.29 is 0 Å². The van der Waals surface area contributed by atoms with Crippen molar-refractivity contribution in [3.8, 4) is 0 Å². The number of nitrogens with zero attached hydrogens (tertiary/aromatic N) is 2. The Kier molecular flexibility index (Phi) is 5.69. The number of unbranched alkanes of at least 4 members (excludes halogenated alkanes) is 2. The van der Waals surface area contributed by atoms with Crippen molar-refractivity contribution in [2.75, 3.05) is 6.54 Å². The lowest BCUT2D eigenvalue weighted by molar-refractivity contribution is 0.514. The van der Waals surface area contributed by atoms with Gasteiger partial charge in [-0.1, -0.05) is 13.3 Å². The Morgan fingerprint density at radius 2 is 1.94 bits per heavy atom. The van der Waals surface area contributed by atoms with Crippen molar-refractivity contribution >= 4 is 0 Å². The van der Waals surface area contributed by atoms with E-state index in [2.05, 4.69) is 0 Å². The van der Waals surface area contributed by atoms with E-state index in [1.165, 1.54) is 10.6 Å². The molecule has 0 amide bonds. The standard InChI is InChI=1S/C12H21N3O2/c1-2-8-14-10-6-11(16)15(12(14)17)9-5-3-4-7-13/h6,10H,2-5,7-9,13H2,1H3. The average molecular weight is 239 g/mol. The van der Waals surface area contributed by atoms with Gasteiger partial charge < -0.3 is 10.3 Å². The molecule has 1 aromatic heterocycles. The monoisotopic (exact) mass is 239 g/mol. The smallest absolute Gasteiger partial charge is 0.330 e. The molecule has 0 spiro atoms. The van der Waals surface area contributed by atoms with Crippen molar-refractivity contribution in [1.82, 2.24) is 9.13 Å². The predicted molar refractivity (Wildman–Crippen MR) is 68.2 cm³/mol. The second-order valence-corrected chi connectivity index (χ2v) is 4.13. The maximum Gasteiger partial charge on any atom is 0.330 e. The van der Waals surface area contributed by atoms with Crippen molar-refractivity contribution in [2.45, 2.75) is 45.7 Å². The van der Waals surface area contributed by atoms with Crippen LogP contribution in [0.15, 0.2) is 21.9 Å². The van der Waals surface area contributed by atoms with E-state index >= 15 is 0 Å². The second-order valence-electron chi connectivity index (χ2n) is 4.13. The molecule has 5 heteroatoms. The summed E-state index contributed by atoms with van der Waals surface area (Å²) in [7, 11) is 0. The van der Waals surface area contributed by atoms with Gasteiger partial charge in [0.15, 0.2) is 0 Å². The van der Waals surface area contributed by atoms with Gasteiger partial charge in [-0.3, -0.25) is 9.36 Å². The van der Waals surface area contributed by atoms with Gasteiger partial charge in [-0.25, -0.2) is 4.79 Å². The Hall–Kier alpha value is -1.36. The Balaban J connectivity index is 2.79. The van der Waals surface area contributed by atoms with Crippen LogP contribution >= 0.6 is 0 Å². The van der Waals surface area contributed by atoms with E-state index in [0.29, 0.717) is 19.6 Å². The summed E-state index contributed by atoms with van der Waals surface area (Å²) in [5, 5.41) is 0. The van der Waals surface area contributed by atoms with Crippen LogP contribution < -0.4 is 17.0 Å². The zero-order chi connectivity index (χ0) is 12.7. The molecular weight excluding hydrogens is 218 g/mol. The molecule has 1 aromatic rings. The molecule has 5 nitrogen and oxygen atoms in total. The first kappa shape index (κ1) is 13.7. The molecule has 0 saturated carbocycles. The first-order chi connectivity index (χ1) is 8.20. The van der Waals surface area contributed by atoms with Crippen molar-refractivity contribution in [3.63, 3.8) is 0 Å². The van der Waals surface area contributed by atoms with Crippen LogP contribution in [0.4, 0.5) is 0 Å². The summed E-state index contributed by atoms with van der Waals surface area (Å²) in [6.07, 6.45) is 5.16. The van der Waals surface area contributed by atoms with Gasteiger partial charge in [-0.15, -0.1) is 0 Å². The van der Waals surface area contributed by atoms with Gasteiger partial charge in [-0.2, -0.15) is 0 Å². The Labute approximate surface area is 101 Å². The van der Waals surface area contributed by atoms with Gasteiger partial charge in [0, 0.05) is 25.4 Å². The summed E-state index contributed by atoms with van der Waals surface area (Å²) in [5.74, 6) is 0. The van der Waals surface area contributed by atoms with Gasteiger partial charge in [0.25, 0.3) is 5.56 Å². The van der Waals surface area contributed by atoms with E-state index in [1.54, 1.807) is 10.8 Å². The highest BCUT2D eigenvalue weighted by molar-refractivity contribution is 4.86. The third-order valence-electron chi connectivity index (χ3n) is 2.69. The van der Waals surface area contributed by atoms with Crippen LogP contribution in [0.25, 0.3) is 0 Å². The maximum absolute atomic E-state index is 11.9. The Morgan fingerprint density at radius 3 is 2.59 bits per heavy atom. The minimum absolute atomic E-state index is 0.202. The van der Waals surface area contributed by atoms with E-state index in [9.17, 15) is 9.59 Å². The number of rotatable bonds is 7. The van der Waals surface area contributed by atoms with E-state index in [4.69, 9.17) is 5.73 Å². The molecule has 0 saturated heterocycles. The van der Waals surface area contributed by atoms with Crippen molar-refractivity contribution in [2.24, 2.45) is 5.73 Å². The summed E-state index contributed by atoms with van der Waals surface area (Å²) in [6.45, 7) is 3.80. The second kappa shape index (κ2) is 7.06. The fraction of sp³-hybridized carbons (Fsp3) is 0.667. The lowest BCUT2D eigenvalue weighted by atomic mass is 10.2. The van der Waals surface area contributed by atoms with E-state index in [-0.39, 0.29) is 11.2 Å². The number of aryl methyl sites for hydroxylation is 1. The van der Waals surface area contributed by atoms with E-state index < -0.39 is 0 Å². The van der Waals surface area contributed by atoms with Crippen LogP contribution in [0.5, 0.6) is 0 Å². The lowest BCUT2D eigenvalue weighted by Crippen LogP contribution is -2.39. The van der Waals surface area contributed by atoms with Crippen LogP contribution in [0.3, 0.4) is 0 Å². The van der Waals surface area contributed by atoms with Crippen LogP contribution in [0.2, 0.25) is 0 Å². The molecule has 17 heavy (non-hydrogen) atoms. The van der Waals surface area contributed by atoms with Gasteiger partial charge in [0.2, 0.25) is 0 Å². The molecule has 96 valence electrons. The highest BCUT2D eigenvalue weighted by Crippen LogP contribution is 1.94. The molecule has 0 fully saturated rings. The minimum Gasteiger partial charge on any atom is -0.330 e. The molecule has 0 aliphatic rings. The third-order valence-corrected chi connectivity index (χ3v) is 2.69. The minimum atomic E-state index is -0.213. The summed E-state index contributed by atoms with van der Waals surface area (Å²) in [4.78, 5) is 23.5. The van der Waals surface area contributed by atoms with Crippen LogP contribution in [0.1, 0.15) is 32.6 Å². The molecule has 0 aromatic carbocycles. The fourth-order valence-electron chi connectivity index (χ4n) is 1.76. The lowest BCUT2D eigenvalue weighted by Gasteiger charge is -2.08. The summed E-state index contributed by atoms with van der Waals surface area (Å²) in [5.41, 5.74) is 4.98. The topological polar surface area (TPSA) is 70.0 Å². The number of hydrogen-bond acceptors (Lipinski definition) is 3. The van der Waals surface area contributed by atoms with Crippen molar-refractivity contribution in [3.05, 3.63) is 33.1 Å². The molecule has 0 unspecified atom stereocenters. The summed E-state index contributed by atoms with van der Waals surface area (Å²) in [6, 6.07) is 1.46. The number of nitrogens with two attached hydrogens (primary N) is 1. The fourth-order valence-corrected chi connectivity index (χ4v) is 1.76. The molecule has 2 N–H and O–H groups in total. The number of hydrogen-bond donors (Lipinski definition) is 1. The van der Waals surface area contributed by atoms with E-state index in [1.807, 2.05) is 6.92 Å². The SMILES string of the molecule is CCCn1ccc(=O)n(CCCCCN)c1=O. The molecular formula is C12H21N3O2. The molecule has 0 aliphatic heterocycles. The highest BCUT2D eigenvalue weighted by Gasteiger charge is 2.03. The molecule has 1 heterocycles. The zero-order valence-electron chi connectivity index (χ0n) is 10.4. The summed E-state index contributed by atoms with van der Waals surface area (Å²) >= 11 is 0. The van der Waals surface area contributed by atoms with Crippen LogP contribution in [-0.4, -0.2) is 15.7 Å². The molecule has 0 bridgehead atoms. The first-order valence-corrected chi connectivity index (χ1v) is 6.21. The normalized spacial score (nSPS) is 10.7. The quantitative estimate of drug-likeness (QED) is 0.706. The zero-order valence-corrected chi connectivity index (χ0v) is 10.4. The van der Waals surface area contributed by atoms with Crippen LogP contribution in [-0.2, 0) is 13.1 Å². The van der Waals surface area contributed by atoms with Gasteiger partial charge in [-0.05, 0) is 25.8 Å². The molecule has 1 rings (SSSR count). The Morgan fingerprint density at radius 1 is 1.18 bits per heavy atom. The Bertz CT molecular complexity index is 448. The number of aromatic nitrogens is 2. The molecule has 0 aliphatic carbocycles. The average Bonchev–Trinajstić information content (AvgIpc) is 2.32. The van der Waals surface area contributed by atoms with Crippen LogP contribution in [0, 0.1) is 0 Å². The first-order valence-electron chi connectivity index (χ1n) is 6.21. The molecule has 0 atom stereocenters. The summed E-state index contributed by atoms with van der Waals surface area (Å²) < 4.78 is 2.90. The van der Waals surface area contributed by atoms with Gasteiger partial charge in [0.1, 0.15) is 0 Å².